The van der Waals surface area contributed by atoms with Gasteiger partial charge in [0.1, 0.15) is 16.6 Å². The Hall–Kier alpha value is -1.69. The van der Waals surface area contributed by atoms with Crippen LogP contribution >= 0.6 is 12.2 Å². The Balaban J connectivity index is 2.11. The molecule has 2 rings (SSSR count). The fourth-order valence-electron chi connectivity index (χ4n) is 1.63. The van der Waals surface area contributed by atoms with Crippen molar-refractivity contribution < 1.29 is 13.9 Å². The van der Waals surface area contributed by atoms with E-state index in [4.69, 9.17) is 22.7 Å². The molecule has 0 bridgehead atoms. The van der Waals surface area contributed by atoms with Crippen LogP contribution in [0.4, 0.5) is 4.39 Å². The van der Waals surface area contributed by atoms with Crippen LogP contribution in [-0.2, 0) is 4.79 Å². The molecule has 102 valence electrons. The number of hydrogen-bond acceptors (Lipinski definition) is 3. The summed E-state index contributed by atoms with van der Waals surface area (Å²) in [5, 5.41) is 2.82. The molecule has 0 radical (unpaired) electrons. The molecule has 0 aromatic heterocycles. The van der Waals surface area contributed by atoms with Crippen molar-refractivity contribution in [1.82, 2.24) is 5.32 Å². The van der Waals surface area contributed by atoms with Crippen molar-refractivity contribution in [2.45, 2.75) is 31.9 Å². The first-order chi connectivity index (χ1) is 8.99. The van der Waals surface area contributed by atoms with E-state index in [2.05, 4.69) is 5.32 Å². The van der Waals surface area contributed by atoms with Crippen molar-refractivity contribution in [3.8, 4) is 5.75 Å². The smallest absolute Gasteiger partial charge is 0.260 e. The van der Waals surface area contributed by atoms with E-state index >= 15 is 0 Å². The molecule has 1 aliphatic rings. The topological polar surface area (TPSA) is 64.3 Å². The second kappa shape index (κ2) is 5.52. The molecule has 1 aromatic rings. The number of halogens is 1. The Morgan fingerprint density at radius 1 is 1.58 bits per heavy atom. The Morgan fingerprint density at radius 2 is 2.26 bits per heavy atom. The second-order valence-corrected chi connectivity index (χ2v) is 4.96. The van der Waals surface area contributed by atoms with Gasteiger partial charge in [0.15, 0.2) is 6.10 Å². The van der Waals surface area contributed by atoms with Gasteiger partial charge in [0, 0.05) is 6.04 Å². The molecule has 0 aliphatic heterocycles. The summed E-state index contributed by atoms with van der Waals surface area (Å²) in [6.07, 6.45) is 1.27. The number of nitrogens with one attached hydrogen (secondary N) is 1. The van der Waals surface area contributed by atoms with E-state index in [9.17, 15) is 9.18 Å². The van der Waals surface area contributed by atoms with Crippen LogP contribution in [0.2, 0.25) is 0 Å². The third-order valence-electron chi connectivity index (χ3n) is 2.82. The van der Waals surface area contributed by atoms with Crippen LogP contribution in [0.1, 0.15) is 25.3 Å². The van der Waals surface area contributed by atoms with Crippen molar-refractivity contribution in [3.05, 3.63) is 29.6 Å². The molecular formula is C13H15FN2O2S. The molecule has 1 saturated carbocycles. The Morgan fingerprint density at radius 3 is 2.84 bits per heavy atom. The average Bonchev–Trinajstić information content (AvgIpc) is 3.12. The molecule has 19 heavy (non-hydrogen) atoms. The third kappa shape index (κ3) is 3.41. The Labute approximate surface area is 116 Å². The fraction of sp³-hybridized carbons (Fsp3) is 0.385. The molecule has 1 aromatic carbocycles. The second-order valence-electron chi connectivity index (χ2n) is 4.52. The zero-order valence-corrected chi connectivity index (χ0v) is 11.3. The largest absolute Gasteiger partial charge is 0.480 e. The van der Waals surface area contributed by atoms with Crippen molar-refractivity contribution >= 4 is 23.1 Å². The summed E-state index contributed by atoms with van der Waals surface area (Å²) < 4.78 is 19.1. The highest BCUT2D eigenvalue weighted by Gasteiger charge is 2.27. The number of nitrogens with two attached hydrogens (primary N) is 1. The van der Waals surface area contributed by atoms with Gasteiger partial charge in [-0.1, -0.05) is 18.3 Å². The maximum Gasteiger partial charge on any atom is 0.260 e. The lowest BCUT2D eigenvalue weighted by Crippen LogP contribution is -2.37. The molecule has 6 heteroatoms. The Bertz CT molecular complexity index is 517. The van der Waals surface area contributed by atoms with Crippen LogP contribution in [0.3, 0.4) is 0 Å². The van der Waals surface area contributed by atoms with E-state index in [0.29, 0.717) is 0 Å². The monoisotopic (exact) mass is 282 g/mol. The zero-order valence-electron chi connectivity index (χ0n) is 10.5. The van der Waals surface area contributed by atoms with E-state index in [0.717, 1.165) is 12.8 Å². The highest BCUT2D eigenvalue weighted by atomic mass is 32.1. The van der Waals surface area contributed by atoms with Gasteiger partial charge in [-0.25, -0.2) is 4.39 Å². The first kappa shape index (κ1) is 13.7. The highest BCUT2D eigenvalue weighted by molar-refractivity contribution is 7.80. The minimum absolute atomic E-state index is 0.0311. The minimum Gasteiger partial charge on any atom is -0.480 e. The van der Waals surface area contributed by atoms with E-state index in [-0.39, 0.29) is 28.3 Å². The molecule has 1 fully saturated rings. The number of hydrogen-bond donors (Lipinski definition) is 2. The first-order valence-electron chi connectivity index (χ1n) is 6.04. The van der Waals surface area contributed by atoms with Crippen LogP contribution < -0.4 is 15.8 Å². The van der Waals surface area contributed by atoms with Gasteiger partial charge in [-0.05, 0) is 31.9 Å². The average molecular weight is 282 g/mol. The summed E-state index contributed by atoms with van der Waals surface area (Å²) >= 11 is 4.79. The van der Waals surface area contributed by atoms with Gasteiger partial charge >= 0.3 is 0 Å². The lowest BCUT2D eigenvalue weighted by atomic mass is 10.2. The summed E-state index contributed by atoms with van der Waals surface area (Å²) in [5.74, 6) is -0.591. The van der Waals surface area contributed by atoms with E-state index < -0.39 is 11.9 Å². The van der Waals surface area contributed by atoms with Crippen molar-refractivity contribution in [3.63, 3.8) is 0 Å². The van der Waals surface area contributed by atoms with Crippen molar-refractivity contribution in [1.29, 1.82) is 0 Å². The summed E-state index contributed by atoms with van der Waals surface area (Å²) in [5.41, 5.74) is 5.50. The zero-order chi connectivity index (χ0) is 14.0. The molecular weight excluding hydrogens is 267 g/mol. The maximum atomic E-state index is 13.6. The molecule has 1 unspecified atom stereocenters. The van der Waals surface area contributed by atoms with E-state index in [1.54, 1.807) is 13.0 Å². The van der Waals surface area contributed by atoms with Gasteiger partial charge < -0.3 is 15.8 Å². The van der Waals surface area contributed by atoms with Gasteiger partial charge in [-0.15, -0.1) is 0 Å². The molecule has 4 nitrogen and oxygen atoms in total. The molecule has 0 saturated heterocycles. The summed E-state index contributed by atoms with van der Waals surface area (Å²) in [7, 11) is 0. The van der Waals surface area contributed by atoms with Gasteiger partial charge in [0.05, 0.1) is 5.56 Å². The molecule has 3 N–H and O–H groups in total. The number of rotatable bonds is 5. The molecule has 1 amide bonds. The SMILES string of the molecule is CC(Oc1cccc(F)c1C(N)=S)C(=O)NC1CC1. The van der Waals surface area contributed by atoms with Gasteiger partial charge in [0.25, 0.3) is 5.91 Å². The predicted octanol–water partition coefficient (Wildman–Crippen LogP) is 1.51. The molecule has 1 aliphatic carbocycles. The third-order valence-corrected chi connectivity index (χ3v) is 3.02. The molecule has 1 atom stereocenters. The van der Waals surface area contributed by atoms with Gasteiger partial charge in [0.2, 0.25) is 0 Å². The van der Waals surface area contributed by atoms with Crippen LogP contribution in [0.25, 0.3) is 0 Å². The van der Waals surface area contributed by atoms with Crippen molar-refractivity contribution in [2.75, 3.05) is 0 Å². The fourth-order valence-corrected chi connectivity index (χ4v) is 1.83. The van der Waals surface area contributed by atoms with Crippen LogP contribution in [-0.4, -0.2) is 23.0 Å². The summed E-state index contributed by atoms with van der Waals surface area (Å²) in [6, 6.07) is 4.52. The predicted molar refractivity (Wildman–Crippen MR) is 73.5 cm³/mol. The normalized spacial score (nSPS) is 15.7. The van der Waals surface area contributed by atoms with E-state index in [1.807, 2.05) is 0 Å². The number of carbonyl (C=O) groups is 1. The summed E-state index contributed by atoms with van der Waals surface area (Å²) in [4.78, 5) is 11.7. The molecule has 0 spiro atoms. The van der Waals surface area contributed by atoms with Crippen LogP contribution in [0.15, 0.2) is 18.2 Å². The number of ether oxygens (including phenoxy) is 1. The van der Waals surface area contributed by atoms with Crippen molar-refractivity contribution in [2.24, 2.45) is 5.73 Å². The van der Waals surface area contributed by atoms with Gasteiger partial charge in [-0.2, -0.15) is 0 Å². The Kier molecular flexibility index (Phi) is 3.99. The maximum absolute atomic E-state index is 13.6. The number of thiocarbonyl (C=S) groups is 1. The highest BCUT2D eigenvalue weighted by Crippen LogP contribution is 2.23. The minimum atomic E-state index is -0.726. The number of benzene rings is 1. The quantitative estimate of drug-likeness (QED) is 0.803. The summed E-state index contributed by atoms with van der Waals surface area (Å²) in [6.45, 7) is 1.60. The van der Waals surface area contributed by atoms with E-state index in [1.165, 1.54) is 12.1 Å². The lowest BCUT2D eigenvalue weighted by Gasteiger charge is -2.17. The van der Waals surface area contributed by atoms with Crippen LogP contribution in [0.5, 0.6) is 5.75 Å². The number of carbonyl (C=O) groups excluding carboxylic acids is 1. The lowest BCUT2D eigenvalue weighted by molar-refractivity contribution is -0.127. The van der Waals surface area contributed by atoms with Crippen LogP contribution in [0, 0.1) is 5.82 Å². The van der Waals surface area contributed by atoms with Gasteiger partial charge in [-0.3, -0.25) is 4.79 Å². The molecule has 0 heterocycles. The standard InChI is InChI=1S/C13H15FN2O2S/c1-7(13(17)16-8-5-6-8)18-10-4-2-3-9(14)11(10)12(15)19/h2-4,7-8H,5-6H2,1H3,(H2,15,19)(H,16,17). The first-order valence-corrected chi connectivity index (χ1v) is 6.45. The number of amides is 1.